The van der Waals surface area contributed by atoms with E-state index in [0.29, 0.717) is 0 Å². The molecule has 0 heterocycles. The molecule has 0 aliphatic carbocycles. The third kappa shape index (κ3) is 1.97. The third-order valence-electron chi connectivity index (χ3n) is 1.59. The molecule has 2 N–H and O–H groups in total. The zero-order chi connectivity index (χ0) is 10.9. The maximum absolute atomic E-state index is 13.0. The smallest absolute Gasteiger partial charge is 0.337 e. The Morgan fingerprint density at radius 2 is 2.00 bits per heavy atom. The van der Waals surface area contributed by atoms with Crippen molar-refractivity contribution < 1.29 is 19.4 Å². The second-order valence-corrected chi connectivity index (χ2v) is 3.29. The molecule has 0 radical (unpaired) electrons. The summed E-state index contributed by atoms with van der Waals surface area (Å²) in [6.07, 6.45) is -1.85. The molecular weight excluding hydrogens is 234 g/mol. The summed E-state index contributed by atoms with van der Waals surface area (Å²) in [7, 11) is 0. The minimum absolute atomic E-state index is 0.221. The van der Waals surface area contributed by atoms with Gasteiger partial charge in [0.05, 0.1) is 10.0 Å². The second kappa shape index (κ2) is 4.13. The van der Waals surface area contributed by atoms with Crippen LogP contribution in [0.2, 0.25) is 10.0 Å². The lowest BCUT2D eigenvalue weighted by molar-refractivity contribution is -0.146. The van der Waals surface area contributed by atoms with Crippen LogP contribution in [0.15, 0.2) is 12.1 Å². The first-order valence-corrected chi connectivity index (χ1v) is 4.25. The number of carboxylic acids is 1. The second-order valence-electron chi connectivity index (χ2n) is 2.51. The van der Waals surface area contributed by atoms with Crippen LogP contribution in [0.3, 0.4) is 0 Å². The number of carbonyl (C=O) groups is 1. The largest absolute Gasteiger partial charge is 0.479 e. The molecule has 0 fully saturated rings. The van der Waals surface area contributed by atoms with E-state index in [-0.39, 0.29) is 10.6 Å². The predicted molar refractivity (Wildman–Crippen MR) is 49.0 cm³/mol. The fraction of sp³-hybridized carbons (Fsp3) is 0.125. The molecule has 1 aromatic carbocycles. The average Bonchev–Trinajstić information content (AvgIpc) is 2.13. The number of aliphatic hydroxyl groups excluding tert-OH is 1. The van der Waals surface area contributed by atoms with E-state index in [1.54, 1.807) is 0 Å². The highest BCUT2D eigenvalue weighted by molar-refractivity contribution is 6.35. The minimum Gasteiger partial charge on any atom is -0.479 e. The number of halogens is 3. The van der Waals surface area contributed by atoms with Gasteiger partial charge < -0.3 is 10.2 Å². The summed E-state index contributed by atoms with van der Waals surface area (Å²) in [5.74, 6) is -2.44. The van der Waals surface area contributed by atoms with Crippen molar-refractivity contribution >= 4 is 29.2 Å². The van der Waals surface area contributed by atoms with E-state index in [1.165, 1.54) is 0 Å². The van der Waals surface area contributed by atoms with E-state index >= 15 is 0 Å². The summed E-state index contributed by atoms with van der Waals surface area (Å²) < 4.78 is 13.0. The van der Waals surface area contributed by atoms with Crippen molar-refractivity contribution in [3.05, 3.63) is 33.6 Å². The lowest BCUT2D eigenvalue weighted by Gasteiger charge is -2.08. The summed E-state index contributed by atoms with van der Waals surface area (Å²) in [6.45, 7) is 0. The molecule has 0 aliphatic rings. The fourth-order valence-electron chi connectivity index (χ4n) is 0.885. The zero-order valence-electron chi connectivity index (χ0n) is 6.67. The molecule has 0 unspecified atom stereocenters. The Balaban J connectivity index is 3.24. The molecule has 76 valence electrons. The molecule has 1 atom stereocenters. The molecule has 6 heteroatoms. The van der Waals surface area contributed by atoms with Gasteiger partial charge in [-0.1, -0.05) is 29.3 Å². The highest BCUT2D eigenvalue weighted by Crippen LogP contribution is 2.30. The normalized spacial score (nSPS) is 12.6. The van der Waals surface area contributed by atoms with Gasteiger partial charge in [-0.15, -0.1) is 0 Å². The first kappa shape index (κ1) is 11.2. The molecule has 0 aromatic heterocycles. The molecular formula is C8H5Cl2FO3. The first-order chi connectivity index (χ1) is 6.45. The Morgan fingerprint density at radius 3 is 2.50 bits per heavy atom. The molecule has 0 amide bonds. The third-order valence-corrected chi connectivity index (χ3v) is 2.27. The maximum Gasteiger partial charge on any atom is 0.337 e. The number of hydrogen-bond acceptors (Lipinski definition) is 2. The summed E-state index contributed by atoms with van der Waals surface area (Å²) >= 11 is 10.8. The van der Waals surface area contributed by atoms with Crippen molar-refractivity contribution in [1.82, 2.24) is 0 Å². The van der Waals surface area contributed by atoms with Crippen molar-refractivity contribution in [1.29, 1.82) is 0 Å². The lowest BCUT2D eigenvalue weighted by atomic mass is 10.1. The molecule has 1 aromatic rings. The van der Waals surface area contributed by atoms with Crippen LogP contribution >= 0.6 is 23.2 Å². The SMILES string of the molecule is O=C(O)[C@@H](O)c1ccc(Cl)c(F)c1Cl. The van der Waals surface area contributed by atoms with Gasteiger partial charge in [-0.25, -0.2) is 9.18 Å². The molecule has 0 bridgehead atoms. The standard InChI is InChI=1S/C8H5Cl2FO3/c9-4-2-1-3(5(10)6(4)11)7(12)8(13)14/h1-2,7,12H,(H,13,14)/t7-/m0/s1. The van der Waals surface area contributed by atoms with Crippen LogP contribution < -0.4 is 0 Å². The summed E-state index contributed by atoms with van der Waals surface area (Å²) in [5, 5.41) is 16.9. The number of aliphatic hydroxyl groups is 1. The van der Waals surface area contributed by atoms with Crippen molar-refractivity contribution in [2.24, 2.45) is 0 Å². The molecule has 3 nitrogen and oxygen atoms in total. The van der Waals surface area contributed by atoms with Gasteiger partial charge in [0, 0.05) is 5.56 Å². The number of benzene rings is 1. The van der Waals surface area contributed by atoms with E-state index in [0.717, 1.165) is 12.1 Å². The van der Waals surface area contributed by atoms with Crippen molar-refractivity contribution in [2.45, 2.75) is 6.10 Å². The Morgan fingerprint density at radius 1 is 1.43 bits per heavy atom. The van der Waals surface area contributed by atoms with Crippen LogP contribution in [0.4, 0.5) is 4.39 Å². The van der Waals surface area contributed by atoms with Crippen molar-refractivity contribution in [3.63, 3.8) is 0 Å². The van der Waals surface area contributed by atoms with Crippen LogP contribution in [0.1, 0.15) is 11.7 Å². The van der Waals surface area contributed by atoms with Crippen molar-refractivity contribution in [3.8, 4) is 0 Å². The molecule has 0 saturated carbocycles. The molecule has 0 saturated heterocycles. The topological polar surface area (TPSA) is 57.5 Å². The van der Waals surface area contributed by atoms with Crippen LogP contribution in [-0.4, -0.2) is 16.2 Å². The van der Waals surface area contributed by atoms with E-state index in [9.17, 15) is 9.18 Å². The Bertz CT molecular complexity index is 381. The van der Waals surface area contributed by atoms with Crippen LogP contribution in [-0.2, 0) is 4.79 Å². The van der Waals surface area contributed by atoms with Gasteiger partial charge in [-0.2, -0.15) is 0 Å². The molecule has 1 rings (SSSR count). The summed E-state index contributed by atoms with van der Waals surface area (Å²) in [4.78, 5) is 10.4. The van der Waals surface area contributed by atoms with Gasteiger partial charge in [0.1, 0.15) is 0 Å². The predicted octanol–water partition coefficient (Wildman–Crippen LogP) is 2.25. The first-order valence-electron chi connectivity index (χ1n) is 3.49. The molecule has 0 spiro atoms. The summed E-state index contributed by atoms with van der Waals surface area (Å²) in [5.41, 5.74) is -0.221. The minimum atomic E-state index is -1.85. The van der Waals surface area contributed by atoms with Crippen molar-refractivity contribution in [2.75, 3.05) is 0 Å². The number of rotatable bonds is 2. The maximum atomic E-state index is 13.0. The lowest BCUT2D eigenvalue weighted by Crippen LogP contribution is -2.11. The van der Waals surface area contributed by atoms with Gasteiger partial charge in [-0.05, 0) is 6.07 Å². The van der Waals surface area contributed by atoms with E-state index in [2.05, 4.69) is 0 Å². The number of aliphatic carboxylic acids is 1. The highest BCUT2D eigenvalue weighted by Gasteiger charge is 2.21. The van der Waals surface area contributed by atoms with Gasteiger partial charge in [0.2, 0.25) is 0 Å². The van der Waals surface area contributed by atoms with Crippen LogP contribution in [0, 0.1) is 5.82 Å². The monoisotopic (exact) mass is 238 g/mol. The number of carboxylic acid groups (broad SMARTS) is 1. The van der Waals surface area contributed by atoms with Gasteiger partial charge in [-0.3, -0.25) is 0 Å². The Kier molecular flexibility index (Phi) is 3.31. The number of hydrogen-bond donors (Lipinski definition) is 2. The molecule has 14 heavy (non-hydrogen) atoms. The Labute approximate surface area is 88.7 Å². The van der Waals surface area contributed by atoms with E-state index < -0.39 is 22.9 Å². The summed E-state index contributed by atoms with van der Waals surface area (Å²) in [6, 6.07) is 2.29. The Hall–Kier alpha value is -0.840. The van der Waals surface area contributed by atoms with Gasteiger partial charge in [0.15, 0.2) is 11.9 Å². The highest BCUT2D eigenvalue weighted by atomic mass is 35.5. The fourth-order valence-corrected chi connectivity index (χ4v) is 1.36. The zero-order valence-corrected chi connectivity index (χ0v) is 8.18. The quantitative estimate of drug-likeness (QED) is 0.778. The average molecular weight is 239 g/mol. The van der Waals surface area contributed by atoms with Gasteiger partial charge in [0.25, 0.3) is 0 Å². The van der Waals surface area contributed by atoms with Crippen LogP contribution in [0.5, 0.6) is 0 Å². The van der Waals surface area contributed by atoms with E-state index in [4.69, 9.17) is 33.4 Å². The van der Waals surface area contributed by atoms with Gasteiger partial charge >= 0.3 is 5.97 Å². The molecule has 0 aliphatic heterocycles. The van der Waals surface area contributed by atoms with Crippen LogP contribution in [0.25, 0.3) is 0 Å². The van der Waals surface area contributed by atoms with E-state index in [1.807, 2.05) is 0 Å².